The average molecular weight is 427 g/mol. The summed E-state index contributed by atoms with van der Waals surface area (Å²) in [5.41, 5.74) is 2.74. The number of nitrogens with one attached hydrogen (secondary N) is 2. The summed E-state index contributed by atoms with van der Waals surface area (Å²) in [6.07, 6.45) is 1.16. The number of hydrogen-bond acceptors (Lipinski definition) is 4. The van der Waals surface area contributed by atoms with E-state index in [1.165, 1.54) is 0 Å². The van der Waals surface area contributed by atoms with E-state index in [-0.39, 0.29) is 17.2 Å². The van der Waals surface area contributed by atoms with E-state index in [9.17, 15) is 9.59 Å². The molecule has 2 aromatic carbocycles. The molecule has 6 nitrogen and oxygen atoms in total. The molecule has 0 spiro atoms. The SMILES string of the molecule is CCCC(=O)Nc1cc(OCC)c(NC(=O)c2ccc(C(C)(C)C)cc2)cc1OCC. The van der Waals surface area contributed by atoms with E-state index >= 15 is 0 Å². The van der Waals surface area contributed by atoms with Crippen molar-refractivity contribution in [1.82, 2.24) is 0 Å². The largest absolute Gasteiger partial charge is 0.492 e. The Hall–Kier alpha value is -3.02. The highest BCUT2D eigenvalue weighted by Crippen LogP contribution is 2.37. The first-order chi connectivity index (χ1) is 14.7. The monoisotopic (exact) mass is 426 g/mol. The molecule has 0 radical (unpaired) electrons. The van der Waals surface area contributed by atoms with Crippen LogP contribution in [0, 0.1) is 0 Å². The molecule has 2 aromatic rings. The van der Waals surface area contributed by atoms with Gasteiger partial charge < -0.3 is 20.1 Å². The lowest BCUT2D eigenvalue weighted by Gasteiger charge is -2.19. The summed E-state index contributed by atoms with van der Waals surface area (Å²) >= 11 is 0. The van der Waals surface area contributed by atoms with E-state index < -0.39 is 0 Å². The molecule has 2 amide bonds. The lowest BCUT2D eigenvalue weighted by atomic mass is 9.87. The van der Waals surface area contributed by atoms with Crippen molar-refractivity contribution in [1.29, 1.82) is 0 Å². The Balaban J connectivity index is 2.34. The van der Waals surface area contributed by atoms with Crippen molar-refractivity contribution in [2.45, 2.75) is 59.8 Å². The van der Waals surface area contributed by atoms with E-state index in [4.69, 9.17) is 9.47 Å². The van der Waals surface area contributed by atoms with Crippen LogP contribution in [0.15, 0.2) is 36.4 Å². The van der Waals surface area contributed by atoms with Gasteiger partial charge in [-0.1, -0.05) is 39.8 Å². The van der Waals surface area contributed by atoms with Crippen molar-refractivity contribution in [3.63, 3.8) is 0 Å². The average Bonchev–Trinajstić information content (AvgIpc) is 2.71. The zero-order valence-corrected chi connectivity index (χ0v) is 19.4. The molecule has 0 aliphatic rings. The van der Waals surface area contributed by atoms with Gasteiger partial charge in [-0.2, -0.15) is 0 Å². The molecule has 2 rings (SSSR count). The van der Waals surface area contributed by atoms with Crippen LogP contribution in [0.5, 0.6) is 11.5 Å². The zero-order valence-electron chi connectivity index (χ0n) is 19.4. The maximum Gasteiger partial charge on any atom is 0.255 e. The molecule has 0 unspecified atom stereocenters. The van der Waals surface area contributed by atoms with Gasteiger partial charge in [0.1, 0.15) is 11.5 Å². The molecule has 6 heteroatoms. The number of benzene rings is 2. The molecule has 0 saturated heterocycles. The summed E-state index contributed by atoms with van der Waals surface area (Å²) in [5, 5.41) is 5.79. The highest BCUT2D eigenvalue weighted by atomic mass is 16.5. The summed E-state index contributed by atoms with van der Waals surface area (Å²) in [6, 6.07) is 11.0. The maximum absolute atomic E-state index is 12.9. The Bertz CT molecular complexity index is 899. The lowest BCUT2D eigenvalue weighted by Crippen LogP contribution is -2.16. The van der Waals surface area contributed by atoms with Gasteiger partial charge in [0.05, 0.1) is 24.6 Å². The van der Waals surface area contributed by atoms with Gasteiger partial charge in [-0.25, -0.2) is 0 Å². The van der Waals surface area contributed by atoms with Crippen LogP contribution in [-0.2, 0) is 10.2 Å². The van der Waals surface area contributed by atoms with Crippen molar-refractivity contribution < 1.29 is 19.1 Å². The van der Waals surface area contributed by atoms with Gasteiger partial charge in [0.15, 0.2) is 0 Å². The van der Waals surface area contributed by atoms with Crippen molar-refractivity contribution >= 4 is 23.2 Å². The van der Waals surface area contributed by atoms with Gasteiger partial charge in [-0.05, 0) is 43.4 Å². The molecule has 0 aliphatic heterocycles. The highest BCUT2D eigenvalue weighted by Gasteiger charge is 2.18. The zero-order chi connectivity index (χ0) is 23.0. The lowest BCUT2D eigenvalue weighted by molar-refractivity contribution is -0.116. The number of anilines is 2. The van der Waals surface area contributed by atoms with E-state index in [0.29, 0.717) is 48.1 Å². The van der Waals surface area contributed by atoms with Gasteiger partial charge in [-0.15, -0.1) is 0 Å². The molecule has 2 N–H and O–H groups in total. The fourth-order valence-corrected chi connectivity index (χ4v) is 3.06. The van der Waals surface area contributed by atoms with Crippen LogP contribution in [0.25, 0.3) is 0 Å². The van der Waals surface area contributed by atoms with E-state index in [2.05, 4.69) is 31.4 Å². The molecular weight excluding hydrogens is 392 g/mol. The standard InChI is InChI=1S/C25H34N2O4/c1-7-10-23(28)26-19-15-22(31-9-3)20(16-21(19)30-8-2)27-24(29)17-11-13-18(14-12-17)25(4,5)6/h11-16H,7-10H2,1-6H3,(H,26,28)(H,27,29). The number of carbonyl (C=O) groups is 2. The predicted molar refractivity (Wildman–Crippen MR) is 125 cm³/mol. The van der Waals surface area contributed by atoms with Crippen molar-refractivity contribution in [3.8, 4) is 11.5 Å². The molecule has 0 aliphatic carbocycles. The normalized spacial score (nSPS) is 11.0. The molecule has 0 aromatic heterocycles. The Morgan fingerprint density at radius 2 is 1.35 bits per heavy atom. The van der Waals surface area contributed by atoms with Gasteiger partial charge >= 0.3 is 0 Å². The molecule has 168 valence electrons. The molecule has 0 atom stereocenters. The fraction of sp³-hybridized carbons (Fsp3) is 0.440. The Morgan fingerprint density at radius 1 is 0.839 bits per heavy atom. The first-order valence-corrected chi connectivity index (χ1v) is 10.8. The van der Waals surface area contributed by atoms with E-state index in [1.807, 2.05) is 45.0 Å². The van der Waals surface area contributed by atoms with E-state index in [1.54, 1.807) is 12.1 Å². The smallest absolute Gasteiger partial charge is 0.255 e. The second-order valence-electron chi connectivity index (χ2n) is 8.29. The minimum Gasteiger partial charge on any atom is -0.492 e. The third-order valence-corrected chi connectivity index (χ3v) is 4.69. The van der Waals surface area contributed by atoms with Gasteiger partial charge in [-0.3, -0.25) is 9.59 Å². The first kappa shape index (κ1) is 24.3. The summed E-state index contributed by atoms with van der Waals surface area (Å²) in [7, 11) is 0. The topological polar surface area (TPSA) is 76.7 Å². The third-order valence-electron chi connectivity index (χ3n) is 4.69. The second kappa shape index (κ2) is 10.8. The van der Waals surface area contributed by atoms with Gasteiger partial charge in [0.2, 0.25) is 5.91 Å². The van der Waals surface area contributed by atoms with Crippen molar-refractivity contribution in [2.24, 2.45) is 0 Å². The molecule has 0 saturated carbocycles. The molecule has 0 bridgehead atoms. The highest BCUT2D eigenvalue weighted by molar-refractivity contribution is 6.05. The van der Waals surface area contributed by atoms with Crippen LogP contribution in [0.1, 0.15) is 70.3 Å². The van der Waals surface area contributed by atoms with Gasteiger partial charge in [0, 0.05) is 24.1 Å². The summed E-state index contributed by atoms with van der Waals surface area (Å²) in [4.78, 5) is 25.0. The summed E-state index contributed by atoms with van der Waals surface area (Å²) < 4.78 is 11.4. The first-order valence-electron chi connectivity index (χ1n) is 10.8. The number of ether oxygens (including phenoxy) is 2. The molecule has 0 heterocycles. The van der Waals surface area contributed by atoms with Crippen LogP contribution in [-0.4, -0.2) is 25.0 Å². The van der Waals surface area contributed by atoms with Crippen LogP contribution in [0.3, 0.4) is 0 Å². The molecule has 31 heavy (non-hydrogen) atoms. The third kappa shape index (κ3) is 6.74. The minimum atomic E-state index is -0.244. The fourth-order valence-electron chi connectivity index (χ4n) is 3.06. The Kier molecular flexibility index (Phi) is 8.48. The van der Waals surface area contributed by atoms with Crippen LogP contribution < -0.4 is 20.1 Å². The minimum absolute atomic E-state index is 0.0155. The van der Waals surface area contributed by atoms with Crippen LogP contribution >= 0.6 is 0 Å². The Morgan fingerprint density at radius 3 is 1.81 bits per heavy atom. The van der Waals surface area contributed by atoms with E-state index in [0.717, 1.165) is 12.0 Å². The molecule has 0 fully saturated rings. The predicted octanol–water partition coefficient (Wildman–Crippen LogP) is 5.77. The number of amides is 2. The van der Waals surface area contributed by atoms with Crippen molar-refractivity contribution in [3.05, 3.63) is 47.5 Å². The second-order valence-corrected chi connectivity index (χ2v) is 8.29. The van der Waals surface area contributed by atoms with Crippen LogP contribution in [0.4, 0.5) is 11.4 Å². The number of hydrogen-bond donors (Lipinski definition) is 2. The van der Waals surface area contributed by atoms with Crippen LogP contribution in [0.2, 0.25) is 0 Å². The Labute approximate surface area is 185 Å². The summed E-state index contributed by atoms with van der Waals surface area (Å²) in [6.45, 7) is 12.9. The van der Waals surface area contributed by atoms with Gasteiger partial charge in [0.25, 0.3) is 5.91 Å². The molecular formula is C25H34N2O4. The van der Waals surface area contributed by atoms with Crippen molar-refractivity contribution in [2.75, 3.05) is 23.8 Å². The quantitative estimate of drug-likeness (QED) is 0.533. The number of rotatable bonds is 9. The summed E-state index contributed by atoms with van der Waals surface area (Å²) in [5.74, 6) is 0.611. The maximum atomic E-state index is 12.9. The number of carbonyl (C=O) groups excluding carboxylic acids is 2.